The summed E-state index contributed by atoms with van der Waals surface area (Å²) in [5.41, 5.74) is 0. The van der Waals surface area contributed by atoms with Crippen LogP contribution < -0.4 is 5.32 Å². The Hall–Kier alpha value is -1.23. The fraction of sp³-hybridized carbons (Fsp3) is 0.500. The Balaban J connectivity index is 2.02. The largest absolute Gasteiger partial charge is 0.355 e. The van der Waals surface area contributed by atoms with Gasteiger partial charge < -0.3 is 5.32 Å². The molecule has 2 nitrogen and oxygen atoms in total. The minimum absolute atomic E-state index is 0.0632. The normalized spacial score (nSPS) is 19.4. The zero-order valence-corrected chi connectivity index (χ0v) is 7.05. The van der Waals surface area contributed by atoms with Crippen molar-refractivity contribution in [3.8, 4) is 12.3 Å². The second-order valence-electron chi connectivity index (χ2n) is 2.93. The van der Waals surface area contributed by atoms with Crippen LogP contribution in [0.5, 0.6) is 0 Å². The molecule has 0 saturated heterocycles. The van der Waals surface area contributed by atoms with Crippen LogP contribution in [0.2, 0.25) is 0 Å². The molecule has 1 rings (SSSR count). The average Bonchev–Trinajstić information content (AvgIpc) is 1.98. The van der Waals surface area contributed by atoms with E-state index in [1.807, 2.05) is 0 Å². The molecular weight excluding hydrogens is 150 g/mol. The quantitative estimate of drug-likeness (QED) is 0.488. The summed E-state index contributed by atoms with van der Waals surface area (Å²) in [6, 6.07) is 0. The van der Waals surface area contributed by atoms with Gasteiger partial charge in [0, 0.05) is 19.4 Å². The van der Waals surface area contributed by atoms with Crippen LogP contribution in [0.25, 0.3) is 0 Å². The lowest BCUT2D eigenvalue weighted by atomic mass is 9.95. The molecule has 1 unspecified atom stereocenters. The fourth-order valence-electron chi connectivity index (χ4n) is 0.999. The van der Waals surface area contributed by atoms with E-state index in [1.165, 1.54) is 0 Å². The van der Waals surface area contributed by atoms with Crippen LogP contribution in [0.4, 0.5) is 0 Å². The van der Waals surface area contributed by atoms with Crippen LogP contribution in [0, 0.1) is 18.3 Å². The van der Waals surface area contributed by atoms with Gasteiger partial charge in [-0.15, -0.1) is 12.3 Å². The Kier molecular flexibility index (Phi) is 3.40. The average molecular weight is 163 g/mol. The third-order valence-electron chi connectivity index (χ3n) is 1.90. The Morgan fingerprint density at radius 3 is 3.00 bits per heavy atom. The number of nitrogens with one attached hydrogen (secondary N) is 1. The molecular formula is C10H13NO. The molecule has 1 N–H and O–H groups in total. The third-order valence-corrected chi connectivity index (χ3v) is 1.90. The molecule has 2 heteroatoms. The first kappa shape index (κ1) is 8.86. The van der Waals surface area contributed by atoms with Gasteiger partial charge in [0.2, 0.25) is 5.91 Å². The lowest BCUT2D eigenvalue weighted by Crippen LogP contribution is -2.29. The summed E-state index contributed by atoms with van der Waals surface area (Å²) in [5, 5.41) is 2.83. The number of carbonyl (C=O) groups is 1. The summed E-state index contributed by atoms with van der Waals surface area (Å²) >= 11 is 0. The van der Waals surface area contributed by atoms with Crippen molar-refractivity contribution in [1.29, 1.82) is 0 Å². The maximum Gasteiger partial charge on any atom is 0.220 e. The molecule has 0 heterocycles. The first-order chi connectivity index (χ1) is 5.83. The Morgan fingerprint density at radius 1 is 1.75 bits per heavy atom. The first-order valence-corrected chi connectivity index (χ1v) is 4.19. The lowest BCUT2D eigenvalue weighted by molar-refractivity contribution is -0.121. The van der Waals surface area contributed by atoms with Crippen LogP contribution in [0.1, 0.15) is 19.3 Å². The summed E-state index contributed by atoms with van der Waals surface area (Å²) in [4.78, 5) is 11.0. The van der Waals surface area contributed by atoms with Crippen LogP contribution >= 0.6 is 0 Å². The topological polar surface area (TPSA) is 29.1 Å². The van der Waals surface area contributed by atoms with Gasteiger partial charge in [0.15, 0.2) is 0 Å². The molecule has 0 aliphatic heterocycles. The van der Waals surface area contributed by atoms with Crippen LogP contribution in [-0.4, -0.2) is 12.5 Å². The number of amides is 1. The van der Waals surface area contributed by atoms with E-state index in [-0.39, 0.29) is 5.91 Å². The van der Waals surface area contributed by atoms with Crippen molar-refractivity contribution in [2.45, 2.75) is 19.3 Å². The number of hydrogen-bond acceptors (Lipinski definition) is 1. The van der Waals surface area contributed by atoms with E-state index in [9.17, 15) is 4.79 Å². The molecule has 0 saturated carbocycles. The molecule has 1 aliphatic carbocycles. The van der Waals surface area contributed by atoms with Gasteiger partial charge in [-0.25, -0.2) is 0 Å². The van der Waals surface area contributed by atoms with E-state index in [0.29, 0.717) is 18.8 Å². The van der Waals surface area contributed by atoms with Gasteiger partial charge in [-0.2, -0.15) is 0 Å². The second kappa shape index (κ2) is 4.61. The maximum atomic E-state index is 11.0. The first-order valence-electron chi connectivity index (χ1n) is 4.19. The minimum atomic E-state index is 0.0632. The van der Waals surface area contributed by atoms with Gasteiger partial charge in [-0.05, 0) is 12.3 Å². The minimum Gasteiger partial charge on any atom is -0.355 e. The maximum absolute atomic E-state index is 11.0. The Labute approximate surface area is 73.0 Å². The van der Waals surface area contributed by atoms with Crippen molar-refractivity contribution >= 4 is 5.91 Å². The van der Waals surface area contributed by atoms with Crippen molar-refractivity contribution in [2.24, 2.45) is 5.92 Å². The molecule has 0 fully saturated rings. The molecule has 0 aromatic heterocycles. The summed E-state index contributed by atoms with van der Waals surface area (Å²) in [6.07, 6.45) is 11.3. The highest BCUT2D eigenvalue weighted by atomic mass is 16.1. The molecule has 0 bridgehead atoms. The summed E-state index contributed by atoms with van der Waals surface area (Å²) in [6.45, 7) is 0.764. The molecule has 1 atom stereocenters. The van der Waals surface area contributed by atoms with E-state index in [2.05, 4.69) is 23.4 Å². The van der Waals surface area contributed by atoms with Crippen molar-refractivity contribution in [1.82, 2.24) is 5.32 Å². The monoisotopic (exact) mass is 163 g/mol. The van der Waals surface area contributed by atoms with E-state index >= 15 is 0 Å². The van der Waals surface area contributed by atoms with Crippen molar-refractivity contribution < 1.29 is 4.79 Å². The lowest BCUT2D eigenvalue weighted by Gasteiger charge is -2.17. The molecule has 0 radical (unpaired) electrons. The Morgan fingerprint density at radius 2 is 2.50 bits per heavy atom. The number of carbonyl (C=O) groups excluding carboxylic acids is 1. The highest BCUT2D eigenvalue weighted by Crippen LogP contribution is 2.14. The van der Waals surface area contributed by atoms with E-state index in [4.69, 9.17) is 6.42 Å². The SMILES string of the molecule is C#CCCC(=O)NCC1C=CC1. The second-order valence-corrected chi connectivity index (χ2v) is 2.93. The third kappa shape index (κ3) is 2.79. The van der Waals surface area contributed by atoms with Gasteiger partial charge in [0.25, 0.3) is 0 Å². The molecule has 1 aliphatic rings. The predicted molar refractivity (Wildman–Crippen MR) is 48.3 cm³/mol. The number of terminal acetylenes is 1. The number of rotatable bonds is 4. The fourth-order valence-corrected chi connectivity index (χ4v) is 0.999. The van der Waals surface area contributed by atoms with E-state index < -0.39 is 0 Å². The summed E-state index contributed by atoms with van der Waals surface area (Å²) < 4.78 is 0. The molecule has 0 spiro atoms. The van der Waals surface area contributed by atoms with Gasteiger partial charge in [0.05, 0.1) is 0 Å². The highest BCUT2D eigenvalue weighted by molar-refractivity contribution is 5.76. The van der Waals surface area contributed by atoms with Gasteiger partial charge >= 0.3 is 0 Å². The molecule has 0 aromatic rings. The Bertz CT molecular complexity index is 224. The van der Waals surface area contributed by atoms with Crippen molar-refractivity contribution in [3.63, 3.8) is 0 Å². The number of hydrogen-bond donors (Lipinski definition) is 1. The van der Waals surface area contributed by atoms with Crippen LogP contribution in [0.3, 0.4) is 0 Å². The zero-order chi connectivity index (χ0) is 8.81. The van der Waals surface area contributed by atoms with Crippen LogP contribution in [0.15, 0.2) is 12.2 Å². The smallest absolute Gasteiger partial charge is 0.220 e. The van der Waals surface area contributed by atoms with Gasteiger partial charge in [0.1, 0.15) is 0 Å². The zero-order valence-electron chi connectivity index (χ0n) is 7.05. The summed E-state index contributed by atoms with van der Waals surface area (Å²) in [7, 11) is 0. The molecule has 64 valence electrons. The highest BCUT2D eigenvalue weighted by Gasteiger charge is 2.10. The van der Waals surface area contributed by atoms with Gasteiger partial charge in [-0.3, -0.25) is 4.79 Å². The van der Waals surface area contributed by atoms with E-state index in [1.54, 1.807) is 0 Å². The predicted octanol–water partition coefficient (Wildman–Crippen LogP) is 1.09. The molecule has 0 aromatic carbocycles. The van der Waals surface area contributed by atoms with Crippen molar-refractivity contribution in [2.75, 3.05) is 6.54 Å². The molecule has 12 heavy (non-hydrogen) atoms. The van der Waals surface area contributed by atoms with Crippen molar-refractivity contribution in [3.05, 3.63) is 12.2 Å². The summed E-state index contributed by atoms with van der Waals surface area (Å²) in [5.74, 6) is 3.06. The standard InChI is InChI=1S/C10H13NO/c1-2-3-7-10(12)11-8-9-5-4-6-9/h1,4-5,9H,3,6-8H2,(H,11,12). The van der Waals surface area contributed by atoms with E-state index in [0.717, 1.165) is 13.0 Å². The van der Waals surface area contributed by atoms with Crippen LogP contribution in [-0.2, 0) is 4.79 Å². The number of allylic oxidation sites excluding steroid dienone is 1. The van der Waals surface area contributed by atoms with Gasteiger partial charge in [-0.1, -0.05) is 12.2 Å². The molecule has 1 amide bonds.